The Morgan fingerprint density at radius 1 is 0.944 bits per heavy atom. The van der Waals surface area contributed by atoms with Crippen molar-refractivity contribution in [3.05, 3.63) is 125 Å². The molecule has 180 valence electrons. The molecule has 1 fully saturated rings. The lowest BCUT2D eigenvalue weighted by Gasteiger charge is -2.24. The molecule has 4 aromatic rings. The van der Waals surface area contributed by atoms with Gasteiger partial charge in [-0.25, -0.2) is 0 Å². The van der Waals surface area contributed by atoms with Crippen LogP contribution in [0.4, 0.5) is 5.69 Å². The van der Waals surface area contributed by atoms with E-state index in [0.717, 1.165) is 11.1 Å². The quantitative estimate of drug-likeness (QED) is 0.284. The van der Waals surface area contributed by atoms with Crippen LogP contribution >= 0.6 is 23.4 Å². The molecule has 0 bridgehead atoms. The van der Waals surface area contributed by atoms with Crippen LogP contribution in [0, 0.1) is 0 Å². The predicted octanol–water partition coefficient (Wildman–Crippen LogP) is 7.16. The van der Waals surface area contributed by atoms with Crippen LogP contribution in [0.1, 0.15) is 26.9 Å². The smallest absolute Gasteiger partial charge is 0.255 e. The highest BCUT2D eigenvalue weighted by Crippen LogP contribution is 2.39. The standard InChI is InChI=1S/C29H23ClN2O3S/c30-23-15-16-26(35-24-9-5-2-6-10-24)25(17-23)31-28(34)21-11-13-22(14-12-21)29-32(27(33)19-36-29)18-20-7-3-1-4-8-20/h1-17,29H,18-19H2,(H,31,34)/t29-/m1/s1. The zero-order chi connectivity index (χ0) is 24.9. The monoisotopic (exact) mass is 514 g/mol. The van der Waals surface area contributed by atoms with Gasteiger partial charge < -0.3 is 15.0 Å². The second-order valence-corrected chi connectivity index (χ2v) is 9.81. The summed E-state index contributed by atoms with van der Waals surface area (Å²) in [7, 11) is 0. The summed E-state index contributed by atoms with van der Waals surface area (Å²) in [5.41, 5.74) is 3.04. The average molecular weight is 515 g/mol. The number of amides is 2. The fraction of sp³-hybridized carbons (Fsp3) is 0.103. The highest BCUT2D eigenvalue weighted by molar-refractivity contribution is 8.00. The van der Waals surface area contributed by atoms with Gasteiger partial charge in [0.05, 0.1) is 11.4 Å². The van der Waals surface area contributed by atoms with Crippen LogP contribution in [0.15, 0.2) is 103 Å². The fourth-order valence-corrected chi connectivity index (χ4v) is 5.34. The van der Waals surface area contributed by atoms with Crippen molar-refractivity contribution in [2.45, 2.75) is 11.9 Å². The third-order valence-corrected chi connectivity index (χ3v) is 7.27. The molecule has 2 amide bonds. The van der Waals surface area contributed by atoms with E-state index < -0.39 is 0 Å². The minimum Gasteiger partial charge on any atom is -0.455 e. The lowest BCUT2D eigenvalue weighted by atomic mass is 10.1. The average Bonchev–Trinajstić information content (AvgIpc) is 3.26. The molecule has 1 N–H and O–H groups in total. The minimum absolute atomic E-state index is 0.0892. The number of para-hydroxylation sites is 1. The van der Waals surface area contributed by atoms with Gasteiger partial charge in [0, 0.05) is 17.1 Å². The summed E-state index contributed by atoms with van der Waals surface area (Å²) >= 11 is 7.78. The second-order valence-electron chi connectivity index (χ2n) is 8.30. The molecular weight excluding hydrogens is 492 g/mol. The Balaban J connectivity index is 1.31. The normalized spacial score (nSPS) is 15.1. The third kappa shape index (κ3) is 5.56. The fourth-order valence-electron chi connectivity index (χ4n) is 3.98. The van der Waals surface area contributed by atoms with Crippen LogP contribution in [0.5, 0.6) is 11.5 Å². The number of hydrogen-bond donors (Lipinski definition) is 1. The summed E-state index contributed by atoms with van der Waals surface area (Å²) in [6, 6.07) is 31.8. The summed E-state index contributed by atoms with van der Waals surface area (Å²) in [5.74, 6) is 1.43. The molecule has 7 heteroatoms. The molecule has 0 aromatic heterocycles. The van der Waals surface area contributed by atoms with Crippen LogP contribution in [-0.2, 0) is 11.3 Å². The Labute approximate surface area is 219 Å². The zero-order valence-corrected chi connectivity index (χ0v) is 20.8. The van der Waals surface area contributed by atoms with E-state index in [1.54, 1.807) is 42.1 Å². The van der Waals surface area contributed by atoms with E-state index in [-0.39, 0.29) is 17.2 Å². The van der Waals surface area contributed by atoms with Crippen molar-refractivity contribution in [1.29, 1.82) is 0 Å². The van der Waals surface area contributed by atoms with E-state index in [1.807, 2.05) is 77.7 Å². The highest BCUT2D eigenvalue weighted by Gasteiger charge is 2.32. The first kappa shape index (κ1) is 24.0. The van der Waals surface area contributed by atoms with Crippen molar-refractivity contribution in [1.82, 2.24) is 4.90 Å². The maximum atomic E-state index is 13.0. The molecule has 1 heterocycles. The van der Waals surface area contributed by atoms with Gasteiger partial charge in [-0.2, -0.15) is 0 Å². The molecule has 0 radical (unpaired) electrons. The van der Waals surface area contributed by atoms with Gasteiger partial charge in [0.15, 0.2) is 5.75 Å². The van der Waals surface area contributed by atoms with E-state index in [1.165, 1.54) is 0 Å². The molecule has 0 spiro atoms. The molecule has 1 saturated heterocycles. The number of rotatable bonds is 7. The summed E-state index contributed by atoms with van der Waals surface area (Å²) in [6.07, 6.45) is 0. The second kappa shape index (κ2) is 10.9. The number of nitrogens with zero attached hydrogens (tertiary/aromatic N) is 1. The number of thioether (sulfide) groups is 1. The summed E-state index contributed by atoms with van der Waals surface area (Å²) in [4.78, 5) is 27.5. The largest absolute Gasteiger partial charge is 0.455 e. The number of ether oxygens (including phenoxy) is 1. The Morgan fingerprint density at radius 2 is 1.64 bits per heavy atom. The molecule has 4 aromatic carbocycles. The zero-order valence-electron chi connectivity index (χ0n) is 19.3. The van der Waals surface area contributed by atoms with Crippen molar-refractivity contribution >= 4 is 40.9 Å². The number of anilines is 1. The van der Waals surface area contributed by atoms with Gasteiger partial charge in [-0.3, -0.25) is 9.59 Å². The van der Waals surface area contributed by atoms with E-state index in [2.05, 4.69) is 5.32 Å². The third-order valence-electron chi connectivity index (χ3n) is 5.78. The van der Waals surface area contributed by atoms with Crippen molar-refractivity contribution in [3.8, 4) is 11.5 Å². The van der Waals surface area contributed by atoms with Crippen molar-refractivity contribution in [2.75, 3.05) is 11.1 Å². The predicted molar refractivity (Wildman–Crippen MR) is 145 cm³/mol. The van der Waals surface area contributed by atoms with E-state index in [4.69, 9.17) is 16.3 Å². The van der Waals surface area contributed by atoms with Crippen LogP contribution in [-0.4, -0.2) is 22.5 Å². The van der Waals surface area contributed by atoms with Crippen LogP contribution in [0.25, 0.3) is 0 Å². The number of carbonyl (C=O) groups is 2. The number of nitrogens with one attached hydrogen (secondary N) is 1. The molecular formula is C29H23ClN2O3S. The molecule has 1 atom stereocenters. The SMILES string of the molecule is O=C(Nc1cc(Cl)ccc1Oc1ccccc1)c1ccc([C@H]2SCC(=O)N2Cc2ccccc2)cc1. The Bertz CT molecular complexity index is 1360. The van der Waals surface area contributed by atoms with Gasteiger partial charge in [0.2, 0.25) is 5.91 Å². The Hall–Kier alpha value is -3.74. The number of hydrogen-bond acceptors (Lipinski definition) is 4. The van der Waals surface area contributed by atoms with E-state index >= 15 is 0 Å². The Morgan fingerprint density at radius 3 is 2.36 bits per heavy atom. The van der Waals surface area contributed by atoms with Crippen LogP contribution in [0.3, 0.4) is 0 Å². The number of carbonyl (C=O) groups excluding carboxylic acids is 2. The molecule has 0 saturated carbocycles. The minimum atomic E-state index is -0.280. The van der Waals surface area contributed by atoms with Gasteiger partial charge in [-0.05, 0) is 53.6 Å². The van der Waals surface area contributed by atoms with Gasteiger partial charge in [0.25, 0.3) is 5.91 Å². The molecule has 5 rings (SSSR count). The van der Waals surface area contributed by atoms with E-state index in [9.17, 15) is 9.59 Å². The maximum Gasteiger partial charge on any atom is 0.255 e. The van der Waals surface area contributed by atoms with Crippen molar-refractivity contribution in [3.63, 3.8) is 0 Å². The molecule has 5 nitrogen and oxygen atoms in total. The topological polar surface area (TPSA) is 58.6 Å². The van der Waals surface area contributed by atoms with Gasteiger partial charge in [-0.15, -0.1) is 11.8 Å². The molecule has 0 unspecified atom stereocenters. The first-order valence-electron chi connectivity index (χ1n) is 11.5. The maximum absolute atomic E-state index is 13.0. The molecule has 1 aliphatic heterocycles. The van der Waals surface area contributed by atoms with E-state index in [0.29, 0.717) is 40.1 Å². The highest BCUT2D eigenvalue weighted by atomic mass is 35.5. The molecule has 36 heavy (non-hydrogen) atoms. The summed E-state index contributed by atoms with van der Waals surface area (Å²) in [6.45, 7) is 0.554. The summed E-state index contributed by atoms with van der Waals surface area (Å²) < 4.78 is 5.94. The van der Waals surface area contributed by atoms with Gasteiger partial charge in [-0.1, -0.05) is 72.3 Å². The molecule has 1 aliphatic rings. The first-order valence-corrected chi connectivity index (χ1v) is 12.9. The van der Waals surface area contributed by atoms with Gasteiger partial charge >= 0.3 is 0 Å². The first-order chi connectivity index (χ1) is 17.6. The Kier molecular flexibility index (Phi) is 7.26. The van der Waals surface area contributed by atoms with Crippen molar-refractivity contribution in [2.24, 2.45) is 0 Å². The van der Waals surface area contributed by atoms with Crippen molar-refractivity contribution < 1.29 is 14.3 Å². The van der Waals surface area contributed by atoms with Crippen LogP contribution in [0.2, 0.25) is 5.02 Å². The summed E-state index contributed by atoms with van der Waals surface area (Å²) in [5, 5.41) is 3.31. The van der Waals surface area contributed by atoms with Gasteiger partial charge in [0.1, 0.15) is 11.1 Å². The lowest BCUT2D eigenvalue weighted by molar-refractivity contribution is -0.128. The van der Waals surface area contributed by atoms with Crippen LogP contribution < -0.4 is 10.1 Å². The number of benzene rings is 4. The lowest BCUT2D eigenvalue weighted by Crippen LogP contribution is -2.27. The number of halogens is 1. The molecule has 0 aliphatic carbocycles.